The van der Waals surface area contributed by atoms with E-state index >= 15 is 0 Å². The van der Waals surface area contributed by atoms with Crippen LogP contribution in [0.15, 0.2) is 27.7 Å². The third-order valence-electron chi connectivity index (χ3n) is 4.26. The van der Waals surface area contributed by atoms with Crippen LogP contribution in [-0.4, -0.2) is 60.3 Å². The minimum absolute atomic E-state index is 0.259. The first kappa shape index (κ1) is 17.9. The molecule has 0 radical (unpaired) electrons. The largest absolute Gasteiger partial charge is 0.460 e. The van der Waals surface area contributed by atoms with E-state index in [4.69, 9.17) is 4.42 Å². The summed E-state index contributed by atoms with van der Waals surface area (Å²) in [5, 5.41) is 9.23. The van der Waals surface area contributed by atoms with Crippen LogP contribution in [0, 0.1) is 6.92 Å². The molecule has 3 rings (SSSR count). The predicted molar refractivity (Wildman–Crippen MR) is 100 cm³/mol. The second-order valence-electron chi connectivity index (χ2n) is 6.72. The van der Waals surface area contributed by atoms with Crippen molar-refractivity contribution in [3.05, 3.63) is 29.7 Å². The van der Waals surface area contributed by atoms with Gasteiger partial charge in [0, 0.05) is 33.6 Å². The van der Waals surface area contributed by atoms with Crippen molar-refractivity contribution in [3.63, 3.8) is 0 Å². The zero-order valence-corrected chi connectivity index (χ0v) is 15.8. The van der Waals surface area contributed by atoms with Gasteiger partial charge in [0.15, 0.2) is 5.76 Å². The first-order chi connectivity index (χ1) is 12.3. The number of hydrogen-bond acceptors (Lipinski definition) is 7. The Balaban J connectivity index is 1.80. The summed E-state index contributed by atoms with van der Waals surface area (Å²) in [4.78, 5) is 23.2. The molecule has 0 aliphatic carbocycles. The zero-order valence-electron chi connectivity index (χ0n) is 15.8. The first-order valence-corrected chi connectivity index (χ1v) is 8.54. The van der Waals surface area contributed by atoms with E-state index in [1.165, 1.54) is 0 Å². The monoisotopic (exact) mass is 356 g/mol. The smallest absolute Gasteiger partial charge is 0.270 e. The molecule has 0 spiro atoms. The molecule has 1 atom stereocenters. The molecule has 8 nitrogen and oxygen atoms in total. The fraction of sp³-hybridized carbons (Fsp3) is 0.444. The van der Waals surface area contributed by atoms with Gasteiger partial charge in [0.05, 0.1) is 12.3 Å². The quantitative estimate of drug-likeness (QED) is 0.881. The molecule has 0 bridgehead atoms. The molecule has 3 heterocycles. The summed E-state index contributed by atoms with van der Waals surface area (Å²) >= 11 is 0. The van der Waals surface area contributed by atoms with Crippen molar-refractivity contribution in [2.24, 2.45) is 5.10 Å². The number of hydrazone groups is 1. The van der Waals surface area contributed by atoms with Crippen LogP contribution in [-0.2, 0) is 0 Å². The minimum Gasteiger partial charge on any atom is -0.460 e. The number of amides is 1. The average Bonchev–Trinajstić information content (AvgIpc) is 3.18. The summed E-state index contributed by atoms with van der Waals surface area (Å²) < 4.78 is 5.64. The molecule has 2 aromatic rings. The van der Waals surface area contributed by atoms with Gasteiger partial charge >= 0.3 is 0 Å². The number of hydrogen-bond donors (Lipinski definition) is 1. The number of carbonyl (C=O) groups is 1. The van der Waals surface area contributed by atoms with Crippen LogP contribution >= 0.6 is 0 Å². The normalized spacial score (nSPS) is 16.6. The fourth-order valence-corrected chi connectivity index (χ4v) is 2.67. The Morgan fingerprint density at radius 2 is 2.15 bits per heavy atom. The summed E-state index contributed by atoms with van der Waals surface area (Å²) in [7, 11) is 5.60. The third-order valence-corrected chi connectivity index (χ3v) is 4.26. The van der Waals surface area contributed by atoms with E-state index in [0.717, 1.165) is 17.9 Å². The van der Waals surface area contributed by atoms with Gasteiger partial charge in [0.2, 0.25) is 5.95 Å². The third kappa shape index (κ3) is 3.84. The van der Waals surface area contributed by atoms with Crippen LogP contribution in [0.3, 0.4) is 0 Å². The lowest BCUT2D eigenvalue weighted by atomic mass is 10.2. The van der Waals surface area contributed by atoms with Crippen molar-refractivity contribution in [2.45, 2.75) is 26.3 Å². The van der Waals surface area contributed by atoms with Crippen molar-refractivity contribution in [1.82, 2.24) is 20.3 Å². The summed E-state index contributed by atoms with van der Waals surface area (Å²) in [6.45, 7) is 4.37. The van der Waals surface area contributed by atoms with Gasteiger partial charge in [-0.2, -0.15) is 5.10 Å². The van der Waals surface area contributed by atoms with E-state index < -0.39 is 0 Å². The maximum absolute atomic E-state index is 12.6. The fourth-order valence-electron chi connectivity index (χ4n) is 2.67. The second-order valence-corrected chi connectivity index (χ2v) is 6.72. The van der Waals surface area contributed by atoms with E-state index in [1.54, 1.807) is 11.0 Å². The van der Waals surface area contributed by atoms with Crippen LogP contribution in [0.2, 0.25) is 0 Å². The first-order valence-electron chi connectivity index (χ1n) is 8.54. The Morgan fingerprint density at radius 3 is 2.73 bits per heavy atom. The van der Waals surface area contributed by atoms with Crippen LogP contribution in [0.5, 0.6) is 0 Å². The van der Waals surface area contributed by atoms with Crippen LogP contribution in [0.4, 0.5) is 5.95 Å². The predicted octanol–water partition coefficient (Wildman–Crippen LogP) is 1.92. The highest BCUT2D eigenvalue weighted by Crippen LogP contribution is 2.22. The number of aromatic nitrogens is 2. The van der Waals surface area contributed by atoms with Gasteiger partial charge < -0.3 is 14.6 Å². The molecule has 2 aromatic heterocycles. The molecule has 0 saturated carbocycles. The number of nitrogens with one attached hydrogen (secondary N) is 1. The zero-order chi connectivity index (χ0) is 18.8. The molecular formula is C18H24N6O2. The number of furan rings is 1. The maximum atomic E-state index is 12.6. The van der Waals surface area contributed by atoms with Crippen molar-refractivity contribution in [3.8, 4) is 11.5 Å². The number of aryl methyl sites for hydroxylation is 1. The van der Waals surface area contributed by atoms with Crippen LogP contribution in [0.1, 0.15) is 29.6 Å². The molecule has 26 heavy (non-hydrogen) atoms. The Labute approximate surface area is 152 Å². The van der Waals surface area contributed by atoms with Crippen molar-refractivity contribution >= 4 is 17.6 Å². The van der Waals surface area contributed by atoms with Gasteiger partial charge in [0.25, 0.3) is 5.91 Å². The SMILES string of the molecule is Cc1ccc(-c2cc(C(=O)NCC3=NN(C)C(C)C3)nc(N(C)C)n2)o1. The lowest BCUT2D eigenvalue weighted by molar-refractivity contribution is 0.0954. The molecule has 1 N–H and O–H groups in total. The summed E-state index contributed by atoms with van der Waals surface area (Å²) in [6.07, 6.45) is 0.848. The summed E-state index contributed by atoms with van der Waals surface area (Å²) in [5.41, 5.74) is 1.83. The molecule has 1 aliphatic rings. The molecule has 0 saturated heterocycles. The van der Waals surface area contributed by atoms with E-state index in [1.807, 2.05) is 45.2 Å². The van der Waals surface area contributed by atoms with Crippen molar-refractivity contribution < 1.29 is 9.21 Å². The maximum Gasteiger partial charge on any atom is 0.270 e. The van der Waals surface area contributed by atoms with Crippen molar-refractivity contribution in [2.75, 3.05) is 32.6 Å². The highest BCUT2D eigenvalue weighted by Gasteiger charge is 2.21. The minimum atomic E-state index is -0.259. The Hall–Kier alpha value is -2.90. The van der Waals surface area contributed by atoms with E-state index in [0.29, 0.717) is 35.7 Å². The van der Waals surface area contributed by atoms with E-state index in [2.05, 4.69) is 27.3 Å². The Morgan fingerprint density at radius 1 is 1.38 bits per heavy atom. The Bertz CT molecular complexity index is 842. The number of rotatable bonds is 5. The van der Waals surface area contributed by atoms with Crippen molar-refractivity contribution in [1.29, 1.82) is 0 Å². The lowest BCUT2D eigenvalue weighted by Crippen LogP contribution is -2.30. The standard InChI is InChI=1S/C18H24N6O2/c1-11-8-13(22-24(11)5)10-19-17(25)15-9-14(16-7-6-12(2)26-16)20-18(21-15)23(3)4/h6-7,9,11H,8,10H2,1-5H3,(H,19,25). The van der Waals surface area contributed by atoms with E-state index in [-0.39, 0.29) is 5.91 Å². The van der Waals surface area contributed by atoms with Crippen LogP contribution < -0.4 is 10.2 Å². The molecule has 0 fully saturated rings. The molecule has 8 heteroatoms. The molecule has 0 aromatic carbocycles. The number of anilines is 1. The molecule has 138 valence electrons. The van der Waals surface area contributed by atoms with Gasteiger partial charge in [-0.3, -0.25) is 9.80 Å². The van der Waals surface area contributed by atoms with Gasteiger partial charge in [-0.05, 0) is 32.0 Å². The van der Waals surface area contributed by atoms with Gasteiger partial charge in [-0.15, -0.1) is 0 Å². The summed E-state index contributed by atoms with van der Waals surface area (Å²) in [6, 6.07) is 5.70. The topological polar surface area (TPSA) is 86.9 Å². The average molecular weight is 356 g/mol. The molecule has 1 unspecified atom stereocenters. The van der Waals surface area contributed by atoms with Crippen LogP contribution in [0.25, 0.3) is 11.5 Å². The molecule has 1 amide bonds. The highest BCUT2D eigenvalue weighted by atomic mass is 16.3. The molecule has 1 aliphatic heterocycles. The van der Waals surface area contributed by atoms with Gasteiger partial charge in [-0.1, -0.05) is 0 Å². The van der Waals surface area contributed by atoms with Gasteiger partial charge in [-0.25, -0.2) is 9.97 Å². The van der Waals surface area contributed by atoms with E-state index in [9.17, 15) is 4.79 Å². The number of carbonyl (C=O) groups excluding carboxylic acids is 1. The lowest BCUT2D eigenvalue weighted by Gasteiger charge is -2.13. The molecular weight excluding hydrogens is 332 g/mol. The second kappa shape index (κ2) is 7.15. The summed E-state index contributed by atoms with van der Waals surface area (Å²) in [5.74, 6) is 1.59. The van der Waals surface area contributed by atoms with Gasteiger partial charge in [0.1, 0.15) is 17.1 Å². The Kier molecular flexibility index (Phi) is 4.92. The highest BCUT2D eigenvalue weighted by molar-refractivity contribution is 5.97. The number of nitrogens with zero attached hydrogens (tertiary/aromatic N) is 5.